The van der Waals surface area contributed by atoms with E-state index in [1.54, 1.807) is 0 Å². The molecule has 0 aliphatic heterocycles. The number of rotatable bonds is 18. The summed E-state index contributed by atoms with van der Waals surface area (Å²) in [5.41, 5.74) is 2.21. The van der Waals surface area contributed by atoms with Crippen LogP contribution in [0.4, 0.5) is 0 Å². The van der Waals surface area contributed by atoms with E-state index >= 15 is 0 Å². The maximum Gasteiger partial charge on any atom is 0.260 e. The topological polar surface area (TPSA) is 38.3 Å². The summed E-state index contributed by atoms with van der Waals surface area (Å²) in [6, 6.07) is 6.08. The fourth-order valence-electron chi connectivity index (χ4n) is 3.75. The number of carbonyl (C=O) groups is 1. The predicted molar refractivity (Wildman–Crippen MR) is 129 cm³/mol. The molecule has 3 heteroatoms. The molecule has 0 aliphatic carbocycles. The molecule has 1 N–H and O–H groups in total. The third kappa shape index (κ3) is 12.9. The van der Waals surface area contributed by atoms with Crippen LogP contribution < -0.4 is 10.1 Å². The van der Waals surface area contributed by atoms with Crippen molar-refractivity contribution in [3.05, 3.63) is 29.3 Å². The minimum Gasteiger partial charge on any atom is -0.481 e. The third-order valence-corrected chi connectivity index (χ3v) is 5.85. The van der Waals surface area contributed by atoms with Crippen LogP contribution >= 0.6 is 0 Å². The normalized spacial score (nSPS) is 12.0. The number of hydrogen-bond donors (Lipinski definition) is 1. The number of benzene rings is 1. The van der Waals surface area contributed by atoms with Gasteiger partial charge in [0.2, 0.25) is 0 Å². The van der Waals surface area contributed by atoms with E-state index in [0.717, 1.165) is 29.8 Å². The van der Waals surface area contributed by atoms with Gasteiger partial charge in [-0.2, -0.15) is 0 Å². The van der Waals surface area contributed by atoms with Crippen molar-refractivity contribution in [1.29, 1.82) is 0 Å². The molecule has 0 aromatic heterocycles. The van der Waals surface area contributed by atoms with Gasteiger partial charge in [0.25, 0.3) is 5.91 Å². The van der Waals surface area contributed by atoms with Gasteiger partial charge in [-0.3, -0.25) is 4.79 Å². The summed E-state index contributed by atoms with van der Waals surface area (Å²) in [6.07, 6.45) is 18.4. The lowest BCUT2D eigenvalue weighted by Crippen LogP contribution is -2.36. The Morgan fingerprint density at radius 3 is 1.87 bits per heavy atom. The van der Waals surface area contributed by atoms with E-state index in [2.05, 4.69) is 18.3 Å². The summed E-state index contributed by atoms with van der Waals surface area (Å²) in [6.45, 7) is 8.89. The standard InChI is InChI=1S/C27H47NO2/c1-5-6-7-8-9-10-11-12-13-14-15-16-17-18-21-28-27(29)25(4)30-26-22-23(2)19-20-24(26)3/h19-20,22,25H,5-18,21H2,1-4H3,(H,28,29). The summed E-state index contributed by atoms with van der Waals surface area (Å²) in [7, 11) is 0. The predicted octanol–water partition coefficient (Wildman–Crippen LogP) is 7.67. The number of ether oxygens (including phenoxy) is 1. The van der Waals surface area contributed by atoms with Gasteiger partial charge in [-0.1, -0.05) is 103 Å². The number of aryl methyl sites for hydroxylation is 2. The Morgan fingerprint density at radius 1 is 0.833 bits per heavy atom. The Hall–Kier alpha value is -1.51. The van der Waals surface area contributed by atoms with Gasteiger partial charge in [0.15, 0.2) is 6.10 Å². The number of nitrogens with one attached hydrogen (secondary N) is 1. The van der Waals surface area contributed by atoms with Gasteiger partial charge in [-0.05, 0) is 44.4 Å². The molecule has 0 aliphatic rings. The molecule has 1 rings (SSSR count). The van der Waals surface area contributed by atoms with Crippen LogP contribution in [0.25, 0.3) is 0 Å². The highest BCUT2D eigenvalue weighted by Gasteiger charge is 2.15. The maximum absolute atomic E-state index is 12.2. The minimum atomic E-state index is -0.461. The Labute approximate surface area is 186 Å². The van der Waals surface area contributed by atoms with Crippen LogP contribution in [-0.4, -0.2) is 18.6 Å². The first-order chi connectivity index (χ1) is 14.5. The van der Waals surface area contributed by atoms with Crippen molar-refractivity contribution < 1.29 is 9.53 Å². The van der Waals surface area contributed by atoms with Crippen LogP contribution in [-0.2, 0) is 4.79 Å². The van der Waals surface area contributed by atoms with Gasteiger partial charge in [0.05, 0.1) is 0 Å². The molecule has 1 amide bonds. The van der Waals surface area contributed by atoms with Crippen molar-refractivity contribution in [2.75, 3.05) is 6.54 Å². The lowest BCUT2D eigenvalue weighted by molar-refractivity contribution is -0.127. The first-order valence-corrected chi connectivity index (χ1v) is 12.6. The van der Waals surface area contributed by atoms with Crippen molar-refractivity contribution in [3.63, 3.8) is 0 Å². The number of hydrogen-bond acceptors (Lipinski definition) is 2. The number of unbranched alkanes of at least 4 members (excludes halogenated alkanes) is 13. The molecule has 0 spiro atoms. The molecule has 0 saturated heterocycles. The summed E-state index contributed by atoms with van der Waals surface area (Å²) in [5, 5.41) is 3.02. The van der Waals surface area contributed by atoms with E-state index in [1.165, 1.54) is 83.5 Å². The molecule has 1 aromatic carbocycles. The van der Waals surface area contributed by atoms with Crippen LogP contribution in [0.15, 0.2) is 18.2 Å². The van der Waals surface area contributed by atoms with Crippen molar-refractivity contribution in [1.82, 2.24) is 5.32 Å². The zero-order chi connectivity index (χ0) is 22.0. The first-order valence-electron chi connectivity index (χ1n) is 12.6. The lowest BCUT2D eigenvalue weighted by atomic mass is 10.0. The maximum atomic E-state index is 12.2. The molecule has 30 heavy (non-hydrogen) atoms. The average molecular weight is 418 g/mol. The zero-order valence-electron chi connectivity index (χ0n) is 20.2. The number of carbonyl (C=O) groups excluding carboxylic acids is 1. The van der Waals surface area contributed by atoms with E-state index in [9.17, 15) is 4.79 Å². The minimum absolute atomic E-state index is 0.0226. The largest absolute Gasteiger partial charge is 0.481 e. The second-order valence-corrected chi connectivity index (χ2v) is 8.92. The molecule has 0 bridgehead atoms. The van der Waals surface area contributed by atoms with Crippen molar-refractivity contribution in [3.8, 4) is 5.75 Å². The molecule has 1 unspecified atom stereocenters. The molecule has 1 aromatic rings. The van der Waals surface area contributed by atoms with Crippen molar-refractivity contribution in [2.24, 2.45) is 0 Å². The van der Waals surface area contributed by atoms with Gasteiger partial charge in [-0.25, -0.2) is 0 Å². The molecule has 0 fully saturated rings. The average Bonchev–Trinajstić information content (AvgIpc) is 2.73. The Bertz CT molecular complexity index is 570. The molecular weight excluding hydrogens is 370 g/mol. The fraction of sp³-hybridized carbons (Fsp3) is 0.741. The molecule has 0 radical (unpaired) electrons. The van der Waals surface area contributed by atoms with Crippen LogP contribution in [0, 0.1) is 13.8 Å². The Balaban J connectivity index is 1.94. The second kappa shape index (κ2) is 17.2. The molecule has 0 heterocycles. The summed E-state index contributed by atoms with van der Waals surface area (Å²) < 4.78 is 5.85. The third-order valence-electron chi connectivity index (χ3n) is 5.85. The van der Waals surface area contributed by atoms with Crippen LogP contribution in [0.5, 0.6) is 5.75 Å². The number of amides is 1. The summed E-state index contributed by atoms with van der Waals surface area (Å²) in [4.78, 5) is 12.2. The molecule has 1 atom stereocenters. The monoisotopic (exact) mass is 417 g/mol. The highest BCUT2D eigenvalue weighted by molar-refractivity contribution is 5.80. The SMILES string of the molecule is CCCCCCCCCCCCCCCCNC(=O)C(C)Oc1cc(C)ccc1C. The van der Waals surface area contributed by atoms with Crippen LogP contribution in [0.3, 0.4) is 0 Å². The second-order valence-electron chi connectivity index (χ2n) is 8.92. The van der Waals surface area contributed by atoms with Gasteiger partial charge in [0, 0.05) is 6.54 Å². The van der Waals surface area contributed by atoms with E-state index in [4.69, 9.17) is 4.74 Å². The van der Waals surface area contributed by atoms with Crippen molar-refractivity contribution in [2.45, 2.75) is 124 Å². The Morgan fingerprint density at radius 2 is 1.33 bits per heavy atom. The summed E-state index contributed by atoms with van der Waals surface area (Å²) in [5.74, 6) is 0.778. The van der Waals surface area contributed by atoms with Crippen LogP contribution in [0.1, 0.15) is 115 Å². The highest BCUT2D eigenvalue weighted by atomic mass is 16.5. The summed E-state index contributed by atoms with van der Waals surface area (Å²) >= 11 is 0. The smallest absolute Gasteiger partial charge is 0.260 e. The molecule has 3 nitrogen and oxygen atoms in total. The molecular formula is C27H47NO2. The zero-order valence-corrected chi connectivity index (χ0v) is 20.2. The highest BCUT2D eigenvalue weighted by Crippen LogP contribution is 2.20. The fourth-order valence-corrected chi connectivity index (χ4v) is 3.75. The van der Waals surface area contributed by atoms with E-state index in [1.807, 2.05) is 32.9 Å². The Kier molecular flexibility index (Phi) is 15.2. The van der Waals surface area contributed by atoms with Crippen LogP contribution in [0.2, 0.25) is 0 Å². The molecule has 0 saturated carbocycles. The van der Waals surface area contributed by atoms with Gasteiger partial charge in [-0.15, -0.1) is 0 Å². The van der Waals surface area contributed by atoms with Gasteiger partial charge >= 0.3 is 0 Å². The van der Waals surface area contributed by atoms with E-state index < -0.39 is 6.10 Å². The van der Waals surface area contributed by atoms with Crippen molar-refractivity contribution >= 4 is 5.91 Å². The van der Waals surface area contributed by atoms with Gasteiger partial charge < -0.3 is 10.1 Å². The van der Waals surface area contributed by atoms with E-state index in [0.29, 0.717) is 0 Å². The first kappa shape index (κ1) is 26.5. The lowest BCUT2D eigenvalue weighted by Gasteiger charge is -2.16. The quantitative estimate of drug-likeness (QED) is 0.249. The van der Waals surface area contributed by atoms with Gasteiger partial charge in [0.1, 0.15) is 5.75 Å². The molecule has 172 valence electrons. The van der Waals surface area contributed by atoms with E-state index in [-0.39, 0.29) is 5.91 Å².